The van der Waals surface area contributed by atoms with E-state index in [-0.39, 0.29) is 5.91 Å². The van der Waals surface area contributed by atoms with E-state index in [0.29, 0.717) is 29.7 Å². The lowest BCUT2D eigenvalue weighted by Crippen LogP contribution is -2.22. The van der Waals surface area contributed by atoms with Crippen molar-refractivity contribution in [1.82, 2.24) is 10.3 Å². The summed E-state index contributed by atoms with van der Waals surface area (Å²) in [6.45, 7) is 8.28. The second-order valence-corrected chi connectivity index (χ2v) is 5.20. The summed E-state index contributed by atoms with van der Waals surface area (Å²) in [7, 11) is 0. The van der Waals surface area contributed by atoms with Crippen LogP contribution in [-0.4, -0.2) is 10.9 Å². The van der Waals surface area contributed by atoms with Crippen molar-refractivity contribution in [3.63, 3.8) is 0 Å². The number of benzene rings is 1. The van der Waals surface area contributed by atoms with Gasteiger partial charge in [-0.3, -0.25) is 4.79 Å². The molecule has 4 nitrogen and oxygen atoms in total. The molecule has 0 saturated carbocycles. The standard InChI is InChI=1S/C16H20N2O2/c1-10(2)13-5-7-14(8-6-13)16(19)17-9-15-11(3)18-12(4)20-15/h5-8,10H,9H2,1-4H3,(H,17,19). The van der Waals surface area contributed by atoms with Crippen LogP contribution in [0.2, 0.25) is 0 Å². The minimum atomic E-state index is -0.103. The first kappa shape index (κ1) is 14.3. The number of carbonyl (C=O) groups is 1. The fourth-order valence-corrected chi connectivity index (χ4v) is 2.02. The predicted octanol–water partition coefficient (Wildman–Crippen LogP) is 3.34. The third-order valence-electron chi connectivity index (χ3n) is 3.25. The van der Waals surface area contributed by atoms with Gasteiger partial charge in [0.15, 0.2) is 5.89 Å². The number of nitrogens with one attached hydrogen (secondary N) is 1. The molecule has 0 aliphatic carbocycles. The number of hydrogen-bond acceptors (Lipinski definition) is 3. The van der Waals surface area contributed by atoms with Crippen LogP contribution in [0.15, 0.2) is 28.7 Å². The van der Waals surface area contributed by atoms with Crippen LogP contribution >= 0.6 is 0 Å². The lowest BCUT2D eigenvalue weighted by atomic mass is 10.0. The van der Waals surface area contributed by atoms with Gasteiger partial charge in [-0.25, -0.2) is 4.98 Å². The number of hydrogen-bond donors (Lipinski definition) is 1. The molecule has 0 aliphatic heterocycles. The number of oxazole rings is 1. The van der Waals surface area contributed by atoms with Crippen molar-refractivity contribution in [2.45, 2.75) is 40.2 Å². The van der Waals surface area contributed by atoms with Gasteiger partial charge in [-0.05, 0) is 30.5 Å². The second-order valence-electron chi connectivity index (χ2n) is 5.20. The molecule has 0 spiro atoms. The molecule has 1 amide bonds. The van der Waals surface area contributed by atoms with Crippen molar-refractivity contribution >= 4 is 5.91 Å². The Morgan fingerprint density at radius 1 is 1.25 bits per heavy atom. The zero-order chi connectivity index (χ0) is 14.7. The van der Waals surface area contributed by atoms with E-state index in [0.717, 1.165) is 5.69 Å². The van der Waals surface area contributed by atoms with Gasteiger partial charge in [0.05, 0.1) is 12.2 Å². The summed E-state index contributed by atoms with van der Waals surface area (Å²) < 4.78 is 5.43. The Hall–Kier alpha value is -2.10. The van der Waals surface area contributed by atoms with Crippen LogP contribution < -0.4 is 5.32 Å². The quantitative estimate of drug-likeness (QED) is 0.928. The van der Waals surface area contributed by atoms with Crippen LogP contribution in [-0.2, 0) is 6.54 Å². The van der Waals surface area contributed by atoms with Gasteiger partial charge in [0.1, 0.15) is 5.76 Å². The third-order valence-corrected chi connectivity index (χ3v) is 3.25. The number of amides is 1. The number of aryl methyl sites for hydroxylation is 2. The molecule has 0 atom stereocenters. The van der Waals surface area contributed by atoms with Crippen LogP contribution in [0.5, 0.6) is 0 Å². The Kier molecular flexibility index (Phi) is 4.23. The molecule has 1 aromatic heterocycles. The van der Waals surface area contributed by atoms with Crippen LogP contribution in [0, 0.1) is 13.8 Å². The molecule has 1 heterocycles. The Labute approximate surface area is 119 Å². The lowest BCUT2D eigenvalue weighted by molar-refractivity contribution is 0.0948. The highest BCUT2D eigenvalue weighted by Gasteiger charge is 2.10. The smallest absolute Gasteiger partial charge is 0.251 e. The van der Waals surface area contributed by atoms with E-state index in [1.165, 1.54) is 5.56 Å². The molecule has 106 valence electrons. The summed E-state index contributed by atoms with van der Waals surface area (Å²) in [6.07, 6.45) is 0. The average Bonchev–Trinajstić information content (AvgIpc) is 2.74. The molecule has 0 bridgehead atoms. The zero-order valence-electron chi connectivity index (χ0n) is 12.4. The highest BCUT2D eigenvalue weighted by molar-refractivity contribution is 5.94. The molecule has 0 radical (unpaired) electrons. The van der Waals surface area contributed by atoms with Crippen molar-refractivity contribution in [1.29, 1.82) is 0 Å². The third kappa shape index (κ3) is 3.26. The maximum absolute atomic E-state index is 12.0. The molecule has 0 aliphatic rings. The second kappa shape index (κ2) is 5.90. The van der Waals surface area contributed by atoms with E-state index >= 15 is 0 Å². The van der Waals surface area contributed by atoms with E-state index in [1.807, 2.05) is 31.2 Å². The van der Waals surface area contributed by atoms with Crippen LogP contribution in [0.3, 0.4) is 0 Å². The molecule has 2 aromatic rings. The van der Waals surface area contributed by atoms with Crippen LogP contribution in [0.25, 0.3) is 0 Å². The fraction of sp³-hybridized carbons (Fsp3) is 0.375. The van der Waals surface area contributed by atoms with Gasteiger partial charge in [0.2, 0.25) is 0 Å². The van der Waals surface area contributed by atoms with Crippen molar-refractivity contribution in [3.05, 3.63) is 52.7 Å². The molecule has 20 heavy (non-hydrogen) atoms. The summed E-state index contributed by atoms with van der Waals surface area (Å²) >= 11 is 0. The average molecular weight is 272 g/mol. The maximum atomic E-state index is 12.0. The molecule has 1 aromatic carbocycles. The summed E-state index contributed by atoms with van der Waals surface area (Å²) in [5.74, 6) is 1.68. The van der Waals surface area contributed by atoms with Crippen LogP contribution in [0.1, 0.15) is 53.0 Å². The van der Waals surface area contributed by atoms with Gasteiger partial charge >= 0.3 is 0 Å². The van der Waals surface area contributed by atoms with E-state index < -0.39 is 0 Å². The minimum Gasteiger partial charge on any atom is -0.444 e. The topological polar surface area (TPSA) is 55.1 Å². The molecule has 1 N–H and O–H groups in total. The van der Waals surface area contributed by atoms with Crippen LogP contribution in [0.4, 0.5) is 0 Å². The van der Waals surface area contributed by atoms with Gasteiger partial charge in [-0.15, -0.1) is 0 Å². The van der Waals surface area contributed by atoms with E-state index in [4.69, 9.17) is 4.42 Å². The van der Waals surface area contributed by atoms with Gasteiger partial charge in [-0.2, -0.15) is 0 Å². The first-order chi connectivity index (χ1) is 9.47. The summed E-state index contributed by atoms with van der Waals surface area (Å²) in [6, 6.07) is 7.68. The highest BCUT2D eigenvalue weighted by Crippen LogP contribution is 2.15. The monoisotopic (exact) mass is 272 g/mol. The molecular formula is C16H20N2O2. The largest absolute Gasteiger partial charge is 0.444 e. The number of nitrogens with zero attached hydrogens (tertiary/aromatic N) is 1. The SMILES string of the molecule is Cc1nc(C)c(CNC(=O)c2ccc(C(C)C)cc2)o1. The predicted molar refractivity (Wildman–Crippen MR) is 77.7 cm³/mol. The molecule has 0 unspecified atom stereocenters. The zero-order valence-corrected chi connectivity index (χ0v) is 12.4. The molecule has 4 heteroatoms. The highest BCUT2D eigenvalue weighted by atomic mass is 16.4. The Bertz CT molecular complexity index is 597. The Balaban J connectivity index is 1.99. The normalized spacial score (nSPS) is 10.8. The number of aromatic nitrogens is 1. The fourth-order valence-electron chi connectivity index (χ4n) is 2.02. The summed E-state index contributed by atoms with van der Waals surface area (Å²) in [4.78, 5) is 16.2. The molecule has 0 fully saturated rings. The van der Waals surface area contributed by atoms with Crippen molar-refractivity contribution in [2.24, 2.45) is 0 Å². The van der Waals surface area contributed by atoms with E-state index in [1.54, 1.807) is 6.92 Å². The van der Waals surface area contributed by atoms with Crippen molar-refractivity contribution in [3.8, 4) is 0 Å². The molecule has 2 rings (SSSR count). The first-order valence-electron chi connectivity index (χ1n) is 6.78. The number of carbonyl (C=O) groups excluding carboxylic acids is 1. The van der Waals surface area contributed by atoms with Crippen molar-refractivity contribution < 1.29 is 9.21 Å². The van der Waals surface area contributed by atoms with Crippen molar-refractivity contribution in [2.75, 3.05) is 0 Å². The van der Waals surface area contributed by atoms with E-state index in [2.05, 4.69) is 24.1 Å². The van der Waals surface area contributed by atoms with Gasteiger partial charge in [0.25, 0.3) is 5.91 Å². The summed E-state index contributed by atoms with van der Waals surface area (Å²) in [5.41, 5.74) is 2.70. The minimum absolute atomic E-state index is 0.103. The van der Waals surface area contributed by atoms with Gasteiger partial charge in [-0.1, -0.05) is 26.0 Å². The maximum Gasteiger partial charge on any atom is 0.251 e. The van der Waals surface area contributed by atoms with Gasteiger partial charge in [0, 0.05) is 12.5 Å². The Morgan fingerprint density at radius 2 is 1.90 bits per heavy atom. The Morgan fingerprint density at radius 3 is 2.40 bits per heavy atom. The summed E-state index contributed by atoms with van der Waals surface area (Å²) in [5, 5.41) is 2.85. The molecule has 0 saturated heterocycles. The first-order valence-corrected chi connectivity index (χ1v) is 6.78. The lowest BCUT2D eigenvalue weighted by Gasteiger charge is -2.07. The van der Waals surface area contributed by atoms with E-state index in [9.17, 15) is 4.79 Å². The molecular weight excluding hydrogens is 252 g/mol. The van der Waals surface area contributed by atoms with Gasteiger partial charge < -0.3 is 9.73 Å². The number of rotatable bonds is 4.